The number of nitrogens with zero attached hydrogens (tertiary/aromatic N) is 2. The minimum atomic E-state index is -0.620. The molecule has 0 saturated carbocycles. The number of hydrogen-bond acceptors (Lipinski definition) is 5. The molecule has 0 aliphatic carbocycles. The van der Waals surface area contributed by atoms with Gasteiger partial charge < -0.3 is 19.9 Å². The van der Waals surface area contributed by atoms with Crippen LogP contribution < -0.4 is 10.2 Å². The Kier molecular flexibility index (Phi) is 6.60. The van der Waals surface area contributed by atoms with Gasteiger partial charge in [-0.05, 0) is 56.3 Å². The first-order valence-corrected chi connectivity index (χ1v) is 10.9. The molecular formula is C24H26F2N4O3. The molecule has 0 spiro atoms. The first-order valence-electron chi connectivity index (χ1n) is 10.9. The third kappa shape index (κ3) is 4.83. The van der Waals surface area contributed by atoms with Crippen molar-refractivity contribution in [3.05, 3.63) is 59.8 Å². The van der Waals surface area contributed by atoms with E-state index in [2.05, 4.69) is 15.2 Å². The van der Waals surface area contributed by atoms with Crippen molar-refractivity contribution in [2.45, 2.75) is 19.9 Å². The van der Waals surface area contributed by atoms with Crippen LogP contribution in [0.1, 0.15) is 24.3 Å². The number of benzene rings is 2. The Balaban J connectivity index is 1.48. The highest BCUT2D eigenvalue weighted by atomic mass is 19.1. The quantitative estimate of drug-likeness (QED) is 0.552. The Morgan fingerprint density at radius 2 is 1.73 bits per heavy atom. The van der Waals surface area contributed by atoms with Crippen molar-refractivity contribution >= 4 is 34.2 Å². The van der Waals surface area contributed by atoms with Gasteiger partial charge in [-0.15, -0.1) is 0 Å². The molecule has 1 fully saturated rings. The van der Waals surface area contributed by atoms with Gasteiger partial charge in [0.1, 0.15) is 17.3 Å². The molecule has 0 bridgehead atoms. The number of carbonyl (C=O) groups excluding carboxylic acids is 2. The van der Waals surface area contributed by atoms with E-state index in [-0.39, 0.29) is 29.7 Å². The molecule has 1 saturated heterocycles. The molecule has 174 valence electrons. The predicted octanol–water partition coefficient (Wildman–Crippen LogP) is 3.77. The summed E-state index contributed by atoms with van der Waals surface area (Å²) in [7, 11) is 0. The van der Waals surface area contributed by atoms with Crippen molar-refractivity contribution < 1.29 is 23.1 Å². The second-order valence-corrected chi connectivity index (χ2v) is 7.95. The van der Waals surface area contributed by atoms with Crippen LogP contribution in [-0.4, -0.2) is 60.6 Å². The molecule has 0 radical (unpaired) electrons. The lowest BCUT2D eigenvalue weighted by Gasteiger charge is -2.38. The molecule has 1 aromatic heterocycles. The Bertz CT molecular complexity index is 1150. The second-order valence-electron chi connectivity index (χ2n) is 7.95. The van der Waals surface area contributed by atoms with E-state index < -0.39 is 17.8 Å². The van der Waals surface area contributed by atoms with E-state index in [0.29, 0.717) is 37.1 Å². The first-order chi connectivity index (χ1) is 15.9. The summed E-state index contributed by atoms with van der Waals surface area (Å²) in [5.41, 5.74) is 1.76. The minimum Gasteiger partial charge on any atom is -0.461 e. The highest BCUT2D eigenvalue weighted by molar-refractivity contribution is 6.11. The number of H-pyrrole nitrogens is 1. The summed E-state index contributed by atoms with van der Waals surface area (Å²) in [5.74, 6) is -1.68. The number of fused-ring (bicyclic) bond motifs is 1. The average Bonchev–Trinajstić information content (AvgIpc) is 3.17. The van der Waals surface area contributed by atoms with Gasteiger partial charge >= 0.3 is 5.97 Å². The number of hydrogen-bond donors (Lipinski definition) is 2. The largest absolute Gasteiger partial charge is 0.461 e. The number of esters is 1. The lowest BCUT2D eigenvalue weighted by atomic mass is 10.1. The van der Waals surface area contributed by atoms with Crippen LogP contribution in [0.15, 0.2) is 42.5 Å². The molecule has 4 rings (SSSR count). The zero-order valence-electron chi connectivity index (χ0n) is 18.5. The van der Waals surface area contributed by atoms with Crippen molar-refractivity contribution in [1.29, 1.82) is 0 Å². The maximum atomic E-state index is 13.9. The molecule has 1 amide bonds. The van der Waals surface area contributed by atoms with Crippen molar-refractivity contribution in [3.8, 4) is 0 Å². The van der Waals surface area contributed by atoms with Crippen molar-refractivity contribution in [2.24, 2.45) is 0 Å². The maximum Gasteiger partial charge on any atom is 0.356 e. The Morgan fingerprint density at radius 3 is 2.39 bits per heavy atom. The highest BCUT2D eigenvalue weighted by Gasteiger charge is 2.28. The number of aromatic amines is 1. The molecule has 9 heteroatoms. The molecule has 2 aromatic carbocycles. The zero-order chi connectivity index (χ0) is 23.5. The summed E-state index contributed by atoms with van der Waals surface area (Å²) in [6.07, 6.45) is 0. The van der Waals surface area contributed by atoms with Crippen molar-refractivity contribution in [2.75, 3.05) is 43.0 Å². The Hall–Kier alpha value is -3.46. The van der Waals surface area contributed by atoms with E-state index in [9.17, 15) is 18.4 Å². The minimum absolute atomic E-state index is 0.0825. The van der Waals surface area contributed by atoms with Gasteiger partial charge in [0.2, 0.25) is 5.91 Å². The van der Waals surface area contributed by atoms with Crippen LogP contribution in [0.2, 0.25) is 0 Å². The van der Waals surface area contributed by atoms with Gasteiger partial charge in [0.15, 0.2) is 0 Å². The Morgan fingerprint density at radius 1 is 1.06 bits per heavy atom. The van der Waals surface area contributed by atoms with E-state index in [1.807, 2.05) is 4.90 Å². The monoisotopic (exact) mass is 456 g/mol. The van der Waals surface area contributed by atoms with Crippen LogP contribution in [0, 0.1) is 11.6 Å². The predicted molar refractivity (Wildman–Crippen MR) is 122 cm³/mol. The molecule has 1 aliphatic heterocycles. The third-order valence-electron chi connectivity index (χ3n) is 5.92. The number of ether oxygens (including phenoxy) is 1. The molecule has 2 heterocycles. The smallest absolute Gasteiger partial charge is 0.356 e. The Labute approximate surface area is 190 Å². The van der Waals surface area contributed by atoms with E-state index >= 15 is 0 Å². The maximum absolute atomic E-state index is 13.9. The van der Waals surface area contributed by atoms with Gasteiger partial charge in [0, 0.05) is 42.8 Å². The van der Waals surface area contributed by atoms with Gasteiger partial charge in [-0.1, -0.05) is 0 Å². The molecule has 1 aliphatic rings. The summed E-state index contributed by atoms with van der Waals surface area (Å²) in [6.45, 7) is 6.31. The molecular weight excluding hydrogens is 430 g/mol. The van der Waals surface area contributed by atoms with Gasteiger partial charge in [-0.3, -0.25) is 9.69 Å². The van der Waals surface area contributed by atoms with Crippen molar-refractivity contribution in [1.82, 2.24) is 9.88 Å². The van der Waals surface area contributed by atoms with Crippen LogP contribution in [-0.2, 0) is 9.53 Å². The number of rotatable bonds is 6. The lowest BCUT2D eigenvalue weighted by Crippen LogP contribution is -2.52. The van der Waals surface area contributed by atoms with Crippen LogP contribution in [0.4, 0.5) is 20.2 Å². The number of carbonyl (C=O) groups is 2. The molecule has 33 heavy (non-hydrogen) atoms. The van der Waals surface area contributed by atoms with Crippen LogP contribution >= 0.6 is 0 Å². The van der Waals surface area contributed by atoms with E-state index in [1.165, 1.54) is 30.3 Å². The van der Waals surface area contributed by atoms with Gasteiger partial charge in [0.25, 0.3) is 0 Å². The van der Waals surface area contributed by atoms with Gasteiger partial charge in [-0.2, -0.15) is 0 Å². The summed E-state index contributed by atoms with van der Waals surface area (Å²) >= 11 is 0. The summed E-state index contributed by atoms with van der Waals surface area (Å²) in [6, 6.07) is 9.95. The van der Waals surface area contributed by atoms with E-state index in [0.717, 1.165) is 5.69 Å². The first kappa shape index (κ1) is 22.7. The number of anilines is 2. The SMILES string of the molecule is CCOC(=O)c1[nH]c2ccc(F)cc2c1NC(=O)[C@H](C)N1CCN(c2ccc(F)cc2)CC1. The number of nitrogens with one attached hydrogen (secondary N) is 2. The second kappa shape index (κ2) is 9.58. The highest BCUT2D eigenvalue weighted by Crippen LogP contribution is 2.30. The number of halogens is 2. The van der Waals surface area contributed by atoms with E-state index in [1.54, 1.807) is 26.0 Å². The lowest BCUT2D eigenvalue weighted by molar-refractivity contribution is -0.120. The van der Waals surface area contributed by atoms with Crippen LogP contribution in [0.25, 0.3) is 10.9 Å². The molecule has 3 aromatic rings. The normalized spacial score (nSPS) is 15.5. The number of aromatic nitrogens is 1. The summed E-state index contributed by atoms with van der Waals surface area (Å²) in [5, 5.41) is 3.21. The fourth-order valence-corrected chi connectivity index (χ4v) is 4.06. The average molecular weight is 456 g/mol. The fraction of sp³-hybridized carbons (Fsp3) is 0.333. The fourth-order valence-electron chi connectivity index (χ4n) is 4.06. The van der Waals surface area contributed by atoms with Gasteiger partial charge in [0.05, 0.1) is 18.3 Å². The number of piperazine rings is 1. The zero-order valence-corrected chi connectivity index (χ0v) is 18.5. The molecule has 1 atom stereocenters. The molecule has 7 nitrogen and oxygen atoms in total. The van der Waals surface area contributed by atoms with Crippen LogP contribution in [0.3, 0.4) is 0 Å². The molecule has 2 N–H and O–H groups in total. The van der Waals surface area contributed by atoms with Crippen LogP contribution in [0.5, 0.6) is 0 Å². The van der Waals surface area contributed by atoms with Gasteiger partial charge in [-0.25, -0.2) is 13.6 Å². The van der Waals surface area contributed by atoms with Crippen molar-refractivity contribution in [3.63, 3.8) is 0 Å². The third-order valence-corrected chi connectivity index (χ3v) is 5.92. The molecule has 0 unspecified atom stereocenters. The van der Waals surface area contributed by atoms with E-state index in [4.69, 9.17) is 4.74 Å². The number of amides is 1. The standard InChI is InChI=1S/C24H26F2N4O3/c1-3-33-24(32)22-21(19-14-17(26)6-9-20(19)27-22)28-23(31)15(2)29-10-12-30(13-11-29)18-7-4-16(25)5-8-18/h4-9,14-15,27H,3,10-13H2,1-2H3,(H,28,31)/t15-/m0/s1. The topological polar surface area (TPSA) is 77.7 Å². The summed E-state index contributed by atoms with van der Waals surface area (Å²) < 4.78 is 32.2. The summed E-state index contributed by atoms with van der Waals surface area (Å²) in [4.78, 5) is 32.6.